The Hall–Kier alpha value is -1.96. The first-order valence-corrected chi connectivity index (χ1v) is 9.34. The Labute approximate surface area is 148 Å². The van der Waals surface area contributed by atoms with Crippen LogP contribution in [0.5, 0.6) is 0 Å². The van der Waals surface area contributed by atoms with E-state index in [1.54, 1.807) is 0 Å². The van der Waals surface area contributed by atoms with Crippen molar-refractivity contribution in [3.8, 4) is 11.3 Å². The maximum atomic E-state index is 12.2. The number of aromatic nitrogens is 2. The number of fused-ring (bicyclic) bond motifs is 1. The van der Waals surface area contributed by atoms with Crippen LogP contribution >= 0.6 is 38.6 Å². The minimum Gasteiger partial charge on any atom is -0.360 e. The van der Waals surface area contributed by atoms with Crippen LogP contribution in [0.1, 0.15) is 9.67 Å². The lowest BCUT2D eigenvalue weighted by Gasteiger charge is -1.99. The molecular weight excluding hydrogens is 394 g/mol. The third-order valence-electron chi connectivity index (χ3n) is 3.41. The number of carbonyl (C=O) groups is 1. The van der Waals surface area contributed by atoms with Gasteiger partial charge in [0.05, 0.1) is 5.69 Å². The summed E-state index contributed by atoms with van der Waals surface area (Å²) in [6.45, 7) is 0. The number of para-hydroxylation sites is 1. The van der Waals surface area contributed by atoms with E-state index in [1.165, 1.54) is 22.7 Å². The average Bonchev–Trinajstić information content (AvgIpc) is 3.25. The third-order valence-corrected chi connectivity index (χ3v) is 6.01. The molecular formula is C16H10BrN3OS2. The lowest BCUT2D eigenvalue weighted by molar-refractivity contribution is 0.103. The SMILES string of the molecule is O=C(Nc1nc(-c2c[nH]c3ccccc23)cs1)c1sccc1Br. The first-order chi connectivity index (χ1) is 11.2. The molecule has 0 saturated carbocycles. The van der Waals surface area contributed by atoms with Crippen molar-refractivity contribution in [1.82, 2.24) is 9.97 Å². The Bertz CT molecular complexity index is 1000. The van der Waals surface area contributed by atoms with E-state index in [1.807, 2.05) is 41.2 Å². The fourth-order valence-corrected chi connectivity index (χ4v) is 4.50. The predicted octanol–water partition coefficient (Wildman–Crippen LogP) is 5.37. The molecule has 2 N–H and O–H groups in total. The van der Waals surface area contributed by atoms with Gasteiger partial charge >= 0.3 is 0 Å². The average molecular weight is 404 g/mol. The van der Waals surface area contributed by atoms with Crippen LogP contribution in [0, 0.1) is 0 Å². The molecule has 0 saturated heterocycles. The van der Waals surface area contributed by atoms with E-state index in [0.29, 0.717) is 10.0 Å². The minimum atomic E-state index is -0.147. The molecule has 4 rings (SSSR count). The number of aromatic amines is 1. The molecule has 0 bridgehead atoms. The first kappa shape index (κ1) is 14.6. The molecule has 0 spiro atoms. The van der Waals surface area contributed by atoms with Gasteiger partial charge in [0.15, 0.2) is 5.13 Å². The summed E-state index contributed by atoms with van der Waals surface area (Å²) >= 11 is 6.19. The van der Waals surface area contributed by atoms with Crippen molar-refractivity contribution in [3.05, 3.63) is 56.6 Å². The molecule has 1 amide bonds. The van der Waals surface area contributed by atoms with E-state index in [4.69, 9.17) is 0 Å². The number of amides is 1. The van der Waals surface area contributed by atoms with Crippen LogP contribution in [-0.4, -0.2) is 15.9 Å². The second-order valence-electron chi connectivity index (χ2n) is 4.84. The van der Waals surface area contributed by atoms with Gasteiger partial charge in [-0.15, -0.1) is 22.7 Å². The molecule has 7 heteroatoms. The number of anilines is 1. The summed E-state index contributed by atoms with van der Waals surface area (Å²) in [7, 11) is 0. The molecule has 0 aliphatic rings. The number of nitrogens with zero attached hydrogens (tertiary/aromatic N) is 1. The van der Waals surface area contributed by atoms with Crippen molar-refractivity contribution < 1.29 is 4.79 Å². The summed E-state index contributed by atoms with van der Waals surface area (Å²) < 4.78 is 0.799. The molecule has 0 aliphatic carbocycles. The van der Waals surface area contributed by atoms with E-state index in [9.17, 15) is 4.79 Å². The van der Waals surface area contributed by atoms with E-state index in [-0.39, 0.29) is 5.91 Å². The van der Waals surface area contributed by atoms with Gasteiger partial charge in [-0.1, -0.05) is 18.2 Å². The topological polar surface area (TPSA) is 57.8 Å². The van der Waals surface area contributed by atoms with E-state index < -0.39 is 0 Å². The number of thiazole rings is 1. The maximum absolute atomic E-state index is 12.2. The van der Waals surface area contributed by atoms with Gasteiger partial charge in [0.2, 0.25) is 0 Å². The smallest absolute Gasteiger partial charge is 0.268 e. The lowest BCUT2D eigenvalue weighted by Crippen LogP contribution is -2.10. The number of thiophene rings is 1. The molecule has 23 heavy (non-hydrogen) atoms. The van der Waals surface area contributed by atoms with Gasteiger partial charge in [0.1, 0.15) is 4.88 Å². The summed E-state index contributed by atoms with van der Waals surface area (Å²) in [6, 6.07) is 9.94. The van der Waals surface area contributed by atoms with Crippen LogP contribution < -0.4 is 5.32 Å². The molecule has 1 aromatic carbocycles. The molecule has 0 fully saturated rings. The van der Waals surface area contributed by atoms with Crippen molar-refractivity contribution in [3.63, 3.8) is 0 Å². The predicted molar refractivity (Wildman–Crippen MR) is 99.4 cm³/mol. The zero-order valence-corrected chi connectivity index (χ0v) is 14.9. The fourth-order valence-electron chi connectivity index (χ4n) is 2.35. The maximum Gasteiger partial charge on any atom is 0.268 e. The van der Waals surface area contributed by atoms with Crippen LogP contribution in [0.3, 0.4) is 0 Å². The van der Waals surface area contributed by atoms with Crippen LogP contribution in [0.15, 0.2) is 51.8 Å². The number of halogens is 1. The third kappa shape index (κ3) is 2.71. The van der Waals surface area contributed by atoms with Crippen molar-refractivity contribution in [2.75, 3.05) is 5.32 Å². The van der Waals surface area contributed by atoms with Gasteiger partial charge < -0.3 is 4.98 Å². The van der Waals surface area contributed by atoms with Gasteiger partial charge in [0.25, 0.3) is 5.91 Å². The first-order valence-electron chi connectivity index (χ1n) is 6.79. The minimum absolute atomic E-state index is 0.147. The van der Waals surface area contributed by atoms with Crippen molar-refractivity contribution in [1.29, 1.82) is 0 Å². The van der Waals surface area contributed by atoms with E-state index >= 15 is 0 Å². The molecule has 4 aromatic rings. The number of hydrogen-bond donors (Lipinski definition) is 2. The highest BCUT2D eigenvalue weighted by atomic mass is 79.9. The highest BCUT2D eigenvalue weighted by Gasteiger charge is 2.15. The number of H-pyrrole nitrogens is 1. The van der Waals surface area contributed by atoms with Gasteiger partial charge in [-0.3, -0.25) is 10.1 Å². The Kier molecular flexibility index (Phi) is 3.76. The van der Waals surface area contributed by atoms with Gasteiger partial charge in [-0.05, 0) is 33.4 Å². The Morgan fingerprint density at radius 2 is 2.09 bits per heavy atom. The van der Waals surface area contributed by atoms with Crippen molar-refractivity contribution in [2.24, 2.45) is 0 Å². The number of carbonyl (C=O) groups excluding carboxylic acids is 1. The molecule has 3 heterocycles. The number of hydrogen-bond acceptors (Lipinski definition) is 4. The molecule has 4 nitrogen and oxygen atoms in total. The van der Waals surface area contributed by atoms with Crippen molar-refractivity contribution in [2.45, 2.75) is 0 Å². The summed E-state index contributed by atoms with van der Waals surface area (Å²) in [5.41, 5.74) is 2.96. The standard InChI is InChI=1S/C16H10BrN3OS2/c17-11-5-6-22-14(11)15(21)20-16-19-13(8-23-16)10-7-18-12-4-2-1-3-9(10)12/h1-8,18H,(H,19,20,21). The van der Waals surface area contributed by atoms with E-state index in [0.717, 1.165) is 26.6 Å². The zero-order valence-electron chi connectivity index (χ0n) is 11.7. The highest BCUT2D eigenvalue weighted by Crippen LogP contribution is 2.31. The Morgan fingerprint density at radius 1 is 1.22 bits per heavy atom. The van der Waals surface area contributed by atoms with E-state index in [2.05, 4.69) is 37.3 Å². The largest absolute Gasteiger partial charge is 0.360 e. The van der Waals surface area contributed by atoms with Gasteiger partial charge in [-0.2, -0.15) is 0 Å². The second kappa shape index (κ2) is 5.92. The summed E-state index contributed by atoms with van der Waals surface area (Å²) in [6.07, 6.45) is 1.95. The molecule has 0 atom stereocenters. The molecule has 114 valence electrons. The molecule has 3 aromatic heterocycles. The summed E-state index contributed by atoms with van der Waals surface area (Å²) in [5.74, 6) is -0.147. The highest BCUT2D eigenvalue weighted by molar-refractivity contribution is 9.10. The molecule has 0 aliphatic heterocycles. The van der Waals surface area contributed by atoms with Crippen LogP contribution in [0.4, 0.5) is 5.13 Å². The van der Waals surface area contributed by atoms with Gasteiger partial charge in [0, 0.05) is 32.5 Å². The lowest BCUT2D eigenvalue weighted by atomic mass is 10.1. The summed E-state index contributed by atoms with van der Waals surface area (Å²) in [5, 5.41) is 8.40. The monoisotopic (exact) mass is 403 g/mol. The fraction of sp³-hybridized carbons (Fsp3) is 0. The number of benzene rings is 1. The number of nitrogens with one attached hydrogen (secondary N) is 2. The number of rotatable bonds is 3. The Morgan fingerprint density at radius 3 is 2.91 bits per heavy atom. The van der Waals surface area contributed by atoms with Crippen LogP contribution in [0.25, 0.3) is 22.2 Å². The van der Waals surface area contributed by atoms with Crippen molar-refractivity contribution >= 4 is 60.5 Å². The zero-order chi connectivity index (χ0) is 15.8. The molecule has 0 unspecified atom stereocenters. The second-order valence-corrected chi connectivity index (χ2v) is 7.47. The van der Waals surface area contributed by atoms with Gasteiger partial charge in [-0.25, -0.2) is 4.98 Å². The quantitative estimate of drug-likeness (QED) is 0.483. The molecule has 0 radical (unpaired) electrons. The normalized spacial score (nSPS) is 11.0. The van der Waals surface area contributed by atoms with Crippen LogP contribution in [-0.2, 0) is 0 Å². The summed E-state index contributed by atoms with van der Waals surface area (Å²) in [4.78, 5) is 20.7. The Balaban J connectivity index is 1.62. The van der Waals surface area contributed by atoms with Crippen LogP contribution in [0.2, 0.25) is 0 Å².